The Kier molecular flexibility index (Phi) is 21.5. The van der Waals surface area contributed by atoms with Crippen LogP contribution in [-0.4, -0.2) is 0 Å². The molecule has 0 atom stereocenters. The van der Waals surface area contributed by atoms with Crippen molar-refractivity contribution in [1.29, 1.82) is 0 Å². The molecule has 7 rings (SSSR count). The van der Waals surface area contributed by atoms with Crippen LogP contribution in [0.15, 0.2) is 158 Å². The Labute approximate surface area is 369 Å². The molecule has 2 aliphatic rings. The van der Waals surface area contributed by atoms with Crippen LogP contribution in [0.2, 0.25) is 0 Å². The zero-order valence-corrected chi connectivity index (χ0v) is 39.1. The first-order valence-corrected chi connectivity index (χ1v) is 21.5. The number of hydrogen-bond donors (Lipinski definition) is 0. The van der Waals surface area contributed by atoms with Gasteiger partial charge in [-0.05, 0) is 122 Å². The number of fused-ring (bicyclic) bond motifs is 4. The van der Waals surface area contributed by atoms with E-state index >= 15 is 0 Å². The van der Waals surface area contributed by atoms with Crippen LogP contribution >= 0.6 is 0 Å². The molecule has 0 amide bonds. The molecule has 0 radical (unpaired) electrons. The molecule has 0 unspecified atom stereocenters. The summed E-state index contributed by atoms with van der Waals surface area (Å²) in [5, 5.41) is 0. The summed E-state index contributed by atoms with van der Waals surface area (Å²) in [6.45, 7) is 42.1. The third kappa shape index (κ3) is 14.0. The molecule has 0 N–H and O–H groups in total. The molecular weight excluding hydrogens is 744 g/mol. The molecule has 0 spiro atoms. The van der Waals surface area contributed by atoms with E-state index in [1.54, 1.807) is 18.2 Å². The van der Waals surface area contributed by atoms with Gasteiger partial charge in [0.05, 0.1) is 0 Å². The Bertz CT molecular complexity index is 2320. The number of benzene rings is 4. The van der Waals surface area contributed by atoms with E-state index < -0.39 is 0 Å². The molecule has 2 heteroatoms. The first-order valence-electron chi connectivity index (χ1n) is 21.5. The number of aryl methyl sites for hydroxylation is 6. The van der Waals surface area contributed by atoms with Crippen molar-refractivity contribution in [2.24, 2.45) is 0 Å². The van der Waals surface area contributed by atoms with E-state index in [0.717, 1.165) is 36.3 Å². The van der Waals surface area contributed by atoms with E-state index in [9.17, 15) is 4.39 Å². The van der Waals surface area contributed by atoms with Crippen molar-refractivity contribution < 1.29 is 8.81 Å². The molecule has 1 heterocycles. The van der Waals surface area contributed by atoms with Gasteiger partial charge in [-0.3, -0.25) is 0 Å². The normalized spacial score (nSPS) is 12.5. The molecule has 0 saturated heterocycles. The molecule has 320 valence electrons. The average Bonchev–Trinajstić information content (AvgIpc) is 3.69. The van der Waals surface area contributed by atoms with Gasteiger partial charge in [0.25, 0.3) is 0 Å². The number of hydrogen-bond acceptors (Lipinski definition) is 1. The predicted octanol–water partition coefficient (Wildman–Crippen LogP) is 17.9. The summed E-state index contributed by atoms with van der Waals surface area (Å²) in [4.78, 5) is 0. The van der Waals surface area contributed by atoms with Gasteiger partial charge < -0.3 is 4.42 Å². The molecule has 5 aromatic rings. The predicted molar refractivity (Wildman–Crippen MR) is 271 cm³/mol. The summed E-state index contributed by atoms with van der Waals surface area (Å²) >= 11 is 0. The van der Waals surface area contributed by atoms with Gasteiger partial charge in [-0.2, -0.15) is 0 Å². The van der Waals surface area contributed by atoms with Crippen LogP contribution in [0.3, 0.4) is 0 Å². The summed E-state index contributed by atoms with van der Waals surface area (Å²) < 4.78 is 17.9. The topological polar surface area (TPSA) is 13.1 Å². The Morgan fingerprint density at radius 1 is 0.705 bits per heavy atom. The lowest BCUT2D eigenvalue weighted by Gasteiger charge is -2.23. The van der Waals surface area contributed by atoms with Crippen LogP contribution < -0.4 is 0 Å². The number of rotatable bonds is 7. The van der Waals surface area contributed by atoms with Crippen LogP contribution in [0.4, 0.5) is 4.39 Å². The molecular formula is C59H71FO. The third-order valence-corrected chi connectivity index (χ3v) is 10.6. The van der Waals surface area contributed by atoms with Gasteiger partial charge in [0.15, 0.2) is 0 Å². The Balaban J connectivity index is 0.000000280. The molecule has 0 aliphatic heterocycles. The minimum Gasteiger partial charge on any atom is -0.465 e. The first kappa shape index (κ1) is 51.2. The highest BCUT2D eigenvalue weighted by Gasteiger charge is 2.37. The van der Waals surface area contributed by atoms with Crippen molar-refractivity contribution in [1.82, 2.24) is 0 Å². The molecule has 61 heavy (non-hydrogen) atoms. The minimum atomic E-state index is -0.162. The van der Waals surface area contributed by atoms with Gasteiger partial charge in [-0.15, -0.1) is 0 Å². The van der Waals surface area contributed by atoms with E-state index in [0.29, 0.717) is 0 Å². The summed E-state index contributed by atoms with van der Waals surface area (Å²) in [6, 6.07) is 25.9. The first-order chi connectivity index (χ1) is 29.2. The van der Waals surface area contributed by atoms with E-state index in [-0.39, 0.29) is 11.2 Å². The second-order valence-electron chi connectivity index (χ2n) is 15.4. The third-order valence-electron chi connectivity index (χ3n) is 10.6. The lowest BCUT2D eigenvalue weighted by atomic mass is 9.80. The lowest BCUT2D eigenvalue weighted by molar-refractivity contribution is 0.481. The fourth-order valence-electron chi connectivity index (χ4n) is 7.40. The highest BCUT2D eigenvalue weighted by atomic mass is 19.1. The Morgan fingerprint density at radius 2 is 1.34 bits per heavy atom. The van der Waals surface area contributed by atoms with E-state index in [1.165, 1.54) is 84.5 Å². The highest BCUT2D eigenvalue weighted by Crippen LogP contribution is 2.51. The van der Waals surface area contributed by atoms with Crippen LogP contribution in [0.25, 0.3) is 34.9 Å². The van der Waals surface area contributed by atoms with E-state index in [2.05, 4.69) is 130 Å². The summed E-state index contributed by atoms with van der Waals surface area (Å²) in [5.74, 6) is 1.98. The van der Waals surface area contributed by atoms with E-state index in [1.807, 2.05) is 82.3 Å². The Hall–Kier alpha value is -5.99. The van der Waals surface area contributed by atoms with E-state index in [4.69, 9.17) is 4.42 Å². The van der Waals surface area contributed by atoms with Crippen molar-refractivity contribution in [2.45, 2.75) is 101 Å². The van der Waals surface area contributed by atoms with Crippen molar-refractivity contribution in [3.8, 4) is 11.1 Å². The molecule has 0 fully saturated rings. The fourth-order valence-corrected chi connectivity index (χ4v) is 7.40. The quantitative estimate of drug-likeness (QED) is 0.149. The maximum atomic E-state index is 12.2. The van der Waals surface area contributed by atoms with Crippen LogP contribution in [0.5, 0.6) is 0 Å². The lowest BCUT2D eigenvalue weighted by Crippen LogP contribution is -2.15. The number of allylic oxidation sites excluding steroid dienone is 8. The monoisotopic (exact) mass is 815 g/mol. The Morgan fingerprint density at radius 3 is 1.84 bits per heavy atom. The average molecular weight is 815 g/mol. The van der Waals surface area contributed by atoms with Crippen molar-refractivity contribution in [3.05, 3.63) is 227 Å². The summed E-state index contributed by atoms with van der Waals surface area (Å²) in [5.41, 5.74) is 17.9. The van der Waals surface area contributed by atoms with Crippen LogP contribution in [0.1, 0.15) is 122 Å². The van der Waals surface area contributed by atoms with Gasteiger partial charge in [0.2, 0.25) is 0 Å². The highest BCUT2D eigenvalue weighted by molar-refractivity contribution is 5.91. The minimum absolute atomic E-state index is 0.0406. The van der Waals surface area contributed by atoms with Crippen LogP contribution in [0, 0.1) is 40.4 Å². The molecule has 1 aromatic heterocycles. The molecule has 2 aliphatic carbocycles. The van der Waals surface area contributed by atoms with Crippen molar-refractivity contribution >= 4 is 23.8 Å². The van der Waals surface area contributed by atoms with Crippen molar-refractivity contribution in [2.75, 3.05) is 0 Å². The molecule has 1 nitrogen and oxygen atoms in total. The van der Waals surface area contributed by atoms with Gasteiger partial charge in [0, 0.05) is 23.0 Å². The number of halogens is 1. The van der Waals surface area contributed by atoms with Gasteiger partial charge in [-0.1, -0.05) is 200 Å². The second-order valence-corrected chi connectivity index (χ2v) is 15.4. The zero-order valence-electron chi connectivity index (χ0n) is 39.1. The largest absolute Gasteiger partial charge is 0.465 e. The molecule has 4 aromatic carbocycles. The van der Waals surface area contributed by atoms with Gasteiger partial charge >= 0.3 is 0 Å². The van der Waals surface area contributed by atoms with Crippen molar-refractivity contribution in [3.63, 3.8) is 0 Å². The number of furan rings is 1. The SMILES string of the molecule is C=C/C=C(\C=C)CC.C=C/C=C\c1c(C)oc2c1C(C)=CCC2.C=Cc1c(C)cc2c(c1C=C)-c1ccc(C)cc1C2(C)C.CC.Cc1cccc(F)c1.Cc1ccccc1. The fraction of sp³-hybridized carbons (Fsp3) is 0.254. The zero-order chi connectivity index (χ0) is 45.7. The van der Waals surface area contributed by atoms with Gasteiger partial charge in [-0.25, -0.2) is 4.39 Å². The maximum absolute atomic E-state index is 12.2. The smallest absolute Gasteiger partial charge is 0.123 e. The second kappa shape index (κ2) is 25.6. The molecule has 0 bridgehead atoms. The van der Waals surface area contributed by atoms with Crippen LogP contribution in [-0.2, 0) is 11.8 Å². The summed E-state index contributed by atoms with van der Waals surface area (Å²) in [7, 11) is 0. The standard InChI is InChI=1S/C21H22.C14H16O.C8H12.C7H7F.C7H8.C2H6/c1-7-15-14(4)12-19-20(16(15)8-2)17-10-9-13(3)11-18(17)21(19,5)6;1-4-5-8-12-11(3)15-13-9-6-7-10(2)14(12)13;1-4-7-8(5-2)6-3;1-6-3-2-4-7(8)5-6;1-7-5-3-2-4-6-7;1-2/h7-12H,1-2H2,3-6H3;4-5,7-8H,1,6,9H2,2-3H3;4-5,7H,1-2,6H2,3H3;2-5H,1H3;2-6H,1H3;1-2H3/b;8-5-;8-7+;;;. The summed E-state index contributed by atoms with van der Waals surface area (Å²) in [6.07, 6.45) is 20.8. The molecule has 0 saturated carbocycles. The maximum Gasteiger partial charge on any atom is 0.123 e. The van der Waals surface area contributed by atoms with Gasteiger partial charge in [0.1, 0.15) is 17.3 Å².